The summed E-state index contributed by atoms with van der Waals surface area (Å²) in [6.45, 7) is 13.8. The van der Waals surface area contributed by atoms with E-state index in [4.69, 9.17) is 21.4 Å². The van der Waals surface area contributed by atoms with Crippen molar-refractivity contribution in [3.05, 3.63) is 75.3 Å². The molecular weight excluding hydrogens is 589 g/mol. The lowest BCUT2D eigenvalue weighted by atomic mass is 10.0. The molecule has 0 aliphatic carbocycles. The average Bonchev–Trinajstić information content (AvgIpc) is 3.38. The average molecular weight is 628 g/mol. The third kappa shape index (κ3) is 8.45. The summed E-state index contributed by atoms with van der Waals surface area (Å²) in [7, 11) is 0. The zero-order chi connectivity index (χ0) is 32.8. The van der Waals surface area contributed by atoms with Gasteiger partial charge in [-0.05, 0) is 63.9 Å². The lowest BCUT2D eigenvalue weighted by molar-refractivity contribution is -0.136. The number of carboxylic acid groups (broad SMARTS) is 1. The molecule has 1 aliphatic heterocycles. The monoisotopic (exact) mass is 627 g/mol. The van der Waals surface area contributed by atoms with Crippen LogP contribution in [0, 0.1) is 19.7 Å². The fourth-order valence-electron chi connectivity index (χ4n) is 4.36. The van der Waals surface area contributed by atoms with Gasteiger partial charge in [-0.1, -0.05) is 37.6 Å². The number of rotatable bonds is 6. The van der Waals surface area contributed by atoms with Crippen LogP contribution < -0.4 is 15.4 Å². The minimum absolute atomic E-state index is 0.0926. The molecule has 5 rings (SSSR count). The first-order valence-corrected chi connectivity index (χ1v) is 14.7. The summed E-state index contributed by atoms with van der Waals surface area (Å²) in [6.07, 6.45) is -0.313. The Labute approximate surface area is 261 Å². The van der Waals surface area contributed by atoms with Crippen LogP contribution in [0.15, 0.2) is 36.4 Å². The van der Waals surface area contributed by atoms with Crippen molar-refractivity contribution in [2.24, 2.45) is 0 Å². The number of ether oxygens (including phenoxy) is 1. The number of carbonyl (C=O) groups is 2. The van der Waals surface area contributed by atoms with Crippen LogP contribution in [-0.4, -0.2) is 55.4 Å². The van der Waals surface area contributed by atoms with Crippen molar-refractivity contribution < 1.29 is 28.9 Å². The Morgan fingerprint density at radius 1 is 1.16 bits per heavy atom. The number of amides is 1. The second-order valence-electron chi connectivity index (χ2n) is 10.9. The van der Waals surface area contributed by atoms with Gasteiger partial charge >= 0.3 is 5.97 Å². The number of halogens is 2. The van der Waals surface area contributed by atoms with Gasteiger partial charge in [-0.2, -0.15) is 5.10 Å². The number of carboxylic acids is 1. The van der Waals surface area contributed by atoms with Crippen molar-refractivity contribution in [3.63, 3.8) is 0 Å². The van der Waals surface area contributed by atoms with E-state index in [1.54, 1.807) is 58.9 Å². The van der Waals surface area contributed by atoms with Gasteiger partial charge in [0.2, 0.25) is 0 Å². The third-order valence-corrected chi connectivity index (χ3v) is 6.56. The van der Waals surface area contributed by atoms with Crippen molar-refractivity contribution in [3.8, 4) is 17.0 Å². The van der Waals surface area contributed by atoms with E-state index in [0.717, 1.165) is 5.56 Å². The Morgan fingerprint density at radius 3 is 2.48 bits per heavy atom. The van der Waals surface area contributed by atoms with Crippen LogP contribution >= 0.6 is 11.6 Å². The summed E-state index contributed by atoms with van der Waals surface area (Å²) in [5.41, 5.74) is 3.65. The first-order chi connectivity index (χ1) is 20.7. The van der Waals surface area contributed by atoms with Gasteiger partial charge < -0.3 is 25.6 Å². The predicted molar refractivity (Wildman–Crippen MR) is 169 cm³/mol. The molecule has 4 aromatic rings. The first kappa shape index (κ1) is 34.3. The number of aryl methyl sites for hydroxylation is 2. The van der Waals surface area contributed by atoms with Crippen LogP contribution in [-0.2, 0) is 17.8 Å². The molecule has 10 nitrogen and oxygen atoms in total. The van der Waals surface area contributed by atoms with E-state index in [1.165, 1.54) is 16.6 Å². The second kappa shape index (κ2) is 14.5. The number of nitrogens with one attached hydrogen (secondary N) is 2. The highest BCUT2D eigenvalue weighted by atomic mass is 35.5. The highest BCUT2D eigenvalue weighted by Gasteiger charge is 2.25. The zero-order valence-corrected chi connectivity index (χ0v) is 26.8. The molecule has 1 amide bonds. The number of hydrogen-bond acceptors (Lipinski definition) is 7. The Morgan fingerprint density at radius 2 is 1.84 bits per heavy atom. The highest BCUT2D eigenvalue weighted by molar-refractivity contribution is 6.36. The lowest BCUT2D eigenvalue weighted by Gasteiger charge is -2.22. The predicted octanol–water partition coefficient (Wildman–Crippen LogP) is 5.97. The van der Waals surface area contributed by atoms with Crippen molar-refractivity contribution >= 4 is 34.8 Å². The topological polar surface area (TPSA) is 138 Å². The minimum Gasteiger partial charge on any atom is -0.490 e. The molecule has 12 heteroatoms. The van der Waals surface area contributed by atoms with Crippen LogP contribution in [0.4, 0.5) is 10.1 Å². The maximum atomic E-state index is 13.6. The smallest absolute Gasteiger partial charge is 0.307 e. The Hall–Kier alpha value is -4.22. The van der Waals surface area contributed by atoms with E-state index < -0.39 is 17.5 Å². The number of aliphatic carboxylic acids is 1. The van der Waals surface area contributed by atoms with Gasteiger partial charge in [-0.25, -0.2) is 13.9 Å². The van der Waals surface area contributed by atoms with E-state index in [9.17, 15) is 19.1 Å². The van der Waals surface area contributed by atoms with Crippen LogP contribution in [0.2, 0.25) is 5.02 Å². The zero-order valence-electron chi connectivity index (χ0n) is 26.0. The molecule has 0 saturated heterocycles. The summed E-state index contributed by atoms with van der Waals surface area (Å²) in [6, 6.07) is 9.65. The van der Waals surface area contributed by atoms with Crippen LogP contribution in [0.3, 0.4) is 0 Å². The molecule has 1 aliphatic rings. The van der Waals surface area contributed by atoms with Crippen molar-refractivity contribution in [2.75, 3.05) is 18.5 Å². The molecule has 236 valence electrons. The van der Waals surface area contributed by atoms with Crippen LogP contribution in [0.1, 0.15) is 67.5 Å². The Bertz CT molecular complexity index is 1660. The third-order valence-electron chi connectivity index (χ3n) is 6.16. The van der Waals surface area contributed by atoms with Gasteiger partial charge in [0.15, 0.2) is 11.3 Å². The minimum atomic E-state index is -1.04. The second-order valence-corrected chi connectivity index (χ2v) is 11.3. The summed E-state index contributed by atoms with van der Waals surface area (Å²) >= 11 is 6.78. The van der Waals surface area contributed by atoms with Gasteiger partial charge in [0, 0.05) is 36.0 Å². The summed E-state index contributed by atoms with van der Waals surface area (Å²) in [5, 5.41) is 28.9. The van der Waals surface area contributed by atoms with Crippen LogP contribution in [0.5, 0.6) is 5.75 Å². The molecule has 0 bridgehead atoms. The number of carbonyl (C=O) groups excluding carboxylic acids is 1. The van der Waals surface area contributed by atoms with Gasteiger partial charge in [0.1, 0.15) is 18.2 Å². The molecule has 0 unspecified atom stereocenters. The number of anilines is 1. The van der Waals surface area contributed by atoms with Crippen molar-refractivity contribution in [2.45, 2.75) is 67.0 Å². The molecule has 2 aromatic heterocycles. The molecule has 2 aromatic carbocycles. The first-order valence-electron chi connectivity index (χ1n) is 14.3. The lowest BCUT2D eigenvalue weighted by Crippen LogP contribution is -2.23. The van der Waals surface area contributed by atoms with E-state index in [1.807, 2.05) is 13.8 Å². The largest absolute Gasteiger partial charge is 0.490 e. The number of aliphatic hydroxyl groups is 1. The molecule has 0 spiro atoms. The fourth-order valence-corrected chi connectivity index (χ4v) is 4.67. The maximum Gasteiger partial charge on any atom is 0.307 e. The molecule has 3 heterocycles. The standard InChI is InChI=1S/C26H23ClFN5O4.C4H10O.C2H6/c1-13-9-15(3-5-18(13)28)12-30-26(36)19-11-21-31-14(2)17(10-22(34)35)25(33(21)32-19)16-4-6-20-24(23(16)27)29-7-8-37-20;1-4(2,3)5;1-2/h3-6,9,11,29H,7-8,10,12H2,1-2H3,(H,30,36)(H,34,35);5H,1-3H3;1-2H3. The molecule has 4 N–H and O–H groups in total. The number of aromatic nitrogens is 3. The molecule has 0 saturated carbocycles. The number of fused-ring (bicyclic) bond motifs is 2. The number of nitrogens with zero attached hydrogens (tertiary/aromatic N) is 3. The highest BCUT2D eigenvalue weighted by Crippen LogP contribution is 2.42. The quantitative estimate of drug-likeness (QED) is 0.205. The maximum absolute atomic E-state index is 13.6. The summed E-state index contributed by atoms with van der Waals surface area (Å²) < 4.78 is 20.7. The normalized spacial score (nSPS) is 12.0. The van der Waals surface area contributed by atoms with E-state index in [-0.39, 0.29) is 24.5 Å². The summed E-state index contributed by atoms with van der Waals surface area (Å²) in [4.78, 5) is 29.2. The fraction of sp³-hybridized carbons (Fsp3) is 0.375. The van der Waals surface area contributed by atoms with Gasteiger partial charge in [0.25, 0.3) is 5.91 Å². The van der Waals surface area contributed by atoms with E-state index in [2.05, 4.69) is 20.7 Å². The van der Waals surface area contributed by atoms with E-state index in [0.29, 0.717) is 63.3 Å². The van der Waals surface area contributed by atoms with Gasteiger partial charge in [-0.3, -0.25) is 9.59 Å². The SMILES string of the molecule is CC.CC(C)(C)O.Cc1cc(CNC(=O)c2cc3nc(C)c(CC(=O)O)c(-c4ccc5c(c4Cl)NCCO5)n3n2)ccc1F. The van der Waals surface area contributed by atoms with Crippen molar-refractivity contribution in [1.29, 1.82) is 0 Å². The van der Waals surface area contributed by atoms with E-state index >= 15 is 0 Å². The number of hydrogen-bond donors (Lipinski definition) is 4. The molecule has 0 atom stereocenters. The molecule has 0 radical (unpaired) electrons. The molecule has 44 heavy (non-hydrogen) atoms. The molecular formula is C32H39ClFN5O5. The summed E-state index contributed by atoms with van der Waals surface area (Å²) in [5.74, 6) is -1.22. The van der Waals surface area contributed by atoms with Gasteiger partial charge in [-0.15, -0.1) is 0 Å². The van der Waals surface area contributed by atoms with Crippen molar-refractivity contribution in [1.82, 2.24) is 19.9 Å². The Balaban J connectivity index is 0.000000688. The number of benzene rings is 2. The molecule has 0 fully saturated rings. The Kier molecular flexibility index (Phi) is 11.3. The van der Waals surface area contributed by atoms with Gasteiger partial charge in [0.05, 0.1) is 28.4 Å². The van der Waals surface area contributed by atoms with Crippen LogP contribution in [0.25, 0.3) is 16.9 Å².